The minimum absolute atomic E-state index is 0.0535. The van der Waals surface area contributed by atoms with Gasteiger partial charge < -0.3 is 10.1 Å². The summed E-state index contributed by atoms with van der Waals surface area (Å²) in [5, 5.41) is 12.9. The summed E-state index contributed by atoms with van der Waals surface area (Å²) >= 11 is 0. The Morgan fingerprint density at radius 1 is 1.26 bits per heavy atom. The van der Waals surface area contributed by atoms with Gasteiger partial charge in [-0.3, -0.25) is 4.79 Å². The molecule has 1 N–H and O–H groups in total. The Kier molecular flexibility index (Phi) is 3.48. The number of anilines is 1. The molecule has 1 aromatic rings. The highest BCUT2D eigenvalue weighted by Gasteiger charge is 2.39. The maximum Gasteiger partial charge on any atom is 0.158 e. The van der Waals surface area contributed by atoms with Crippen LogP contribution < -0.4 is 10.1 Å². The minimum atomic E-state index is -0.374. The molecule has 0 aromatic heterocycles. The van der Waals surface area contributed by atoms with E-state index in [1.54, 1.807) is 6.08 Å². The lowest BCUT2D eigenvalue weighted by Crippen LogP contribution is -2.34. The number of fused-ring (bicyclic) bond motifs is 1. The highest BCUT2D eigenvalue weighted by atomic mass is 16.5. The van der Waals surface area contributed by atoms with Gasteiger partial charge >= 0.3 is 0 Å². The predicted molar refractivity (Wildman–Crippen MR) is 89.1 cm³/mol. The molecule has 1 heterocycles. The van der Waals surface area contributed by atoms with Gasteiger partial charge in [-0.25, -0.2) is 0 Å². The average Bonchev–Trinajstić information content (AvgIpc) is 2.72. The lowest BCUT2D eigenvalue weighted by atomic mass is 9.70. The van der Waals surface area contributed by atoms with Crippen LogP contribution in [0.4, 0.5) is 5.69 Å². The van der Waals surface area contributed by atoms with Crippen LogP contribution in [0.15, 0.2) is 30.0 Å². The fourth-order valence-electron chi connectivity index (χ4n) is 3.50. The first-order valence-corrected chi connectivity index (χ1v) is 7.94. The molecule has 0 radical (unpaired) electrons. The first-order chi connectivity index (χ1) is 10.7. The van der Waals surface area contributed by atoms with E-state index in [1.165, 1.54) is 0 Å². The summed E-state index contributed by atoms with van der Waals surface area (Å²) in [5.41, 5.74) is 2.03. The van der Waals surface area contributed by atoms with Crippen LogP contribution in [-0.2, 0) is 11.2 Å². The number of carbonyl (C=O) groups excluding carboxylic acids is 1. The van der Waals surface area contributed by atoms with Crippen molar-refractivity contribution in [3.05, 3.63) is 35.5 Å². The molecule has 1 aliphatic carbocycles. The van der Waals surface area contributed by atoms with Crippen molar-refractivity contribution in [1.29, 1.82) is 5.26 Å². The second-order valence-electron chi connectivity index (χ2n) is 7.75. The molecule has 1 unspecified atom stereocenters. The Balaban J connectivity index is 1.96. The van der Waals surface area contributed by atoms with E-state index in [4.69, 9.17) is 4.74 Å². The Hall–Kier alpha value is -2.28. The highest BCUT2D eigenvalue weighted by Crippen LogP contribution is 2.44. The van der Waals surface area contributed by atoms with Gasteiger partial charge in [0.25, 0.3) is 0 Å². The lowest BCUT2D eigenvalue weighted by Gasteiger charge is -2.34. The van der Waals surface area contributed by atoms with E-state index in [0.29, 0.717) is 12.1 Å². The largest absolute Gasteiger partial charge is 0.485 e. The van der Waals surface area contributed by atoms with Crippen LogP contribution in [0.5, 0.6) is 5.75 Å². The monoisotopic (exact) mass is 310 g/mol. The van der Waals surface area contributed by atoms with E-state index >= 15 is 0 Å². The third-order valence-corrected chi connectivity index (χ3v) is 4.54. The van der Waals surface area contributed by atoms with Crippen LogP contribution in [0.2, 0.25) is 0 Å². The Morgan fingerprint density at radius 2 is 2.00 bits per heavy atom. The van der Waals surface area contributed by atoms with Gasteiger partial charge in [0.15, 0.2) is 5.78 Å². The maximum absolute atomic E-state index is 12.0. The van der Waals surface area contributed by atoms with Crippen molar-refractivity contribution in [2.45, 2.75) is 46.1 Å². The van der Waals surface area contributed by atoms with Gasteiger partial charge in [0.05, 0.1) is 17.7 Å². The van der Waals surface area contributed by atoms with Crippen molar-refractivity contribution in [3.63, 3.8) is 0 Å². The van der Waals surface area contributed by atoms with E-state index < -0.39 is 0 Å². The van der Waals surface area contributed by atoms with Gasteiger partial charge in [-0.15, -0.1) is 0 Å². The number of rotatable bonds is 2. The fraction of sp³-hybridized carbons (Fsp3) is 0.474. The quantitative estimate of drug-likeness (QED) is 0.901. The van der Waals surface area contributed by atoms with Crippen molar-refractivity contribution in [1.82, 2.24) is 0 Å². The number of hydrogen-bond donors (Lipinski definition) is 1. The molecule has 1 atom stereocenters. The van der Waals surface area contributed by atoms with E-state index in [-0.39, 0.29) is 22.7 Å². The van der Waals surface area contributed by atoms with Gasteiger partial charge in [-0.2, -0.15) is 5.26 Å². The molecule has 2 aliphatic rings. The topological polar surface area (TPSA) is 62.1 Å². The number of allylic oxidation sites excluding steroid dienone is 2. The number of benzene rings is 1. The molecular formula is C19H22N2O2. The number of nitriles is 1. The van der Waals surface area contributed by atoms with Gasteiger partial charge in [0, 0.05) is 30.2 Å². The minimum Gasteiger partial charge on any atom is -0.485 e. The molecule has 0 saturated heterocycles. The van der Waals surface area contributed by atoms with Crippen molar-refractivity contribution >= 4 is 11.5 Å². The average molecular weight is 310 g/mol. The van der Waals surface area contributed by atoms with E-state index in [2.05, 4.69) is 31.3 Å². The summed E-state index contributed by atoms with van der Waals surface area (Å²) in [6.45, 7) is 8.04. The first-order valence-electron chi connectivity index (χ1n) is 7.94. The van der Waals surface area contributed by atoms with Crippen molar-refractivity contribution in [2.24, 2.45) is 11.3 Å². The van der Waals surface area contributed by atoms with Gasteiger partial charge in [-0.1, -0.05) is 26.0 Å². The molecule has 1 aliphatic heterocycles. The molecule has 4 heteroatoms. The van der Waals surface area contributed by atoms with Crippen molar-refractivity contribution in [2.75, 3.05) is 5.32 Å². The van der Waals surface area contributed by atoms with E-state index in [1.807, 2.05) is 26.0 Å². The zero-order valence-electron chi connectivity index (χ0n) is 14.1. The summed E-state index contributed by atoms with van der Waals surface area (Å²) < 4.78 is 6.06. The Bertz CT molecular complexity index is 738. The first kappa shape index (κ1) is 15.6. The van der Waals surface area contributed by atoms with Crippen molar-refractivity contribution < 1.29 is 9.53 Å². The van der Waals surface area contributed by atoms with Crippen LogP contribution in [-0.4, -0.2) is 11.4 Å². The van der Waals surface area contributed by atoms with Gasteiger partial charge in [0.2, 0.25) is 0 Å². The molecule has 4 nitrogen and oxygen atoms in total. The molecule has 1 aromatic carbocycles. The van der Waals surface area contributed by atoms with Crippen molar-refractivity contribution in [3.8, 4) is 11.8 Å². The molecular weight excluding hydrogens is 288 g/mol. The molecule has 120 valence electrons. The highest BCUT2D eigenvalue weighted by molar-refractivity contribution is 5.93. The fourth-order valence-corrected chi connectivity index (χ4v) is 3.50. The normalized spacial score (nSPS) is 24.2. The maximum atomic E-state index is 12.0. The number of nitrogens with one attached hydrogen (secondary N) is 1. The van der Waals surface area contributed by atoms with Gasteiger partial charge in [-0.05, 0) is 25.3 Å². The number of carbonyl (C=O) groups is 1. The summed E-state index contributed by atoms with van der Waals surface area (Å²) in [5.74, 6) is 0.536. The molecule has 23 heavy (non-hydrogen) atoms. The summed E-state index contributed by atoms with van der Waals surface area (Å²) in [6.07, 6.45) is 2.81. The zero-order chi connectivity index (χ0) is 16.8. The molecule has 0 saturated carbocycles. The number of para-hydroxylation sites is 1. The summed E-state index contributed by atoms with van der Waals surface area (Å²) in [4.78, 5) is 12.0. The molecule has 0 amide bonds. The van der Waals surface area contributed by atoms with E-state index in [9.17, 15) is 10.1 Å². The second kappa shape index (κ2) is 5.13. The lowest BCUT2D eigenvalue weighted by molar-refractivity contribution is -0.117. The van der Waals surface area contributed by atoms with E-state index in [0.717, 1.165) is 23.4 Å². The Labute approximate surface area is 137 Å². The van der Waals surface area contributed by atoms with Crippen LogP contribution in [0.1, 0.15) is 39.7 Å². The zero-order valence-corrected chi connectivity index (χ0v) is 14.1. The SMILES string of the molecule is CC1(C)Cc2cccc(NC3=CC(=O)CC(C)(C)C3C#N)c2O1. The van der Waals surface area contributed by atoms with Gasteiger partial charge in [0.1, 0.15) is 11.4 Å². The summed E-state index contributed by atoms with van der Waals surface area (Å²) in [7, 11) is 0. The number of ketones is 1. The number of ether oxygens (including phenoxy) is 1. The van der Waals surface area contributed by atoms with Crippen LogP contribution in [0.3, 0.4) is 0 Å². The molecule has 0 bridgehead atoms. The van der Waals surface area contributed by atoms with Crippen LogP contribution in [0.25, 0.3) is 0 Å². The van der Waals surface area contributed by atoms with Crippen LogP contribution in [0, 0.1) is 22.7 Å². The molecule has 0 fully saturated rings. The third kappa shape index (κ3) is 2.84. The van der Waals surface area contributed by atoms with Crippen LogP contribution >= 0.6 is 0 Å². The predicted octanol–water partition coefficient (Wildman–Crippen LogP) is 3.83. The number of hydrogen-bond acceptors (Lipinski definition) is 4. The smallest absolute Gasteiger partial charge is 0.158 e. The standard InChI is InChI=1S/C19H22N2O2/c1-18(2)10-13(22)8-16(14(18)11-20)21-15-7-5-6-12-9-19(3,4)23-17(12)15/h5-8,14,21H,9-10H2,1-4H3. The Morgan fingerprint density at radius 3 is 2.70 bits per heavy atom. The third-order valence-electron chi connectivity index (χ3n) is 4.54. The second-order valence-corrected chi connectivity index (χ2v) is 7.75. The number of nitrogens with zero attached hydrogens (tertiary/aromatic N) is 1. The molecule has 0 spiro atoms. The molecule has 3 rings (SSSR count). The summed E-state index contributed by atoms with van der Waals surface area (Å²) in [6, 6.07) is 8.31.